The molecule has 2 rings (SSSR count). The Kier molecular flexibility index (Phi) is 18.1. The third-order valence-electron chi connectivity index (χ3n) is 7.68. The molecule has 0 saturated heterocycles. The number of nitrogens with one attached hydrogen (secondary N) is 4. The molecule has 0 heterocycles. The molecule has 0 aromatic heterocycles. The second-order valence-corrected chi connectivity index (χ2v) is 13.2. The van der Waals surface area contributed by atoms with E-state index in [1.165, 1.54) is 0 Å². The molecule has 5 N–H and O–H groups in total. The Morgan fingerprint density at radius 1 is 0.740 bits per heavy atom. The minimum absolute atomic E-state index is 0.130. The van der Waals surface area contributed by atoms with Crippen molar-refractivity contribution in [3.8, 4) is 5.75 Å². The molecule has 4 atom stereocenters. The maximum Gasteiger partial charge on any atom is 0.407 e. The monoisotopic (exact) mass is 699 g/mol. The number of aliphatic hydroxyl groups excluding tert-OH is 1. The molecule has 0 bridgehead atoms. The van der Waals surface area contributed by atoms with Gasteiger partial charge in [-0.3, -0.25) is 15.0 Å². The van der Waals surface area contributed by atoms with Crippen LogP contribution in [0.15, 0.2) is 54.6 Å². The van der Waals surface area contributed by atoms with E-state index in [0.717, 1.165) is 11.3 Å². The Balaban J connectivity index is 2.32. The van der Waals surface area contributed by atoms with Crippen molar-refractivity contribution < 1.29 is 38.5 Å². The number of carbonyl (C=O) groups is 4. The number of amides is 4. The van der Waals surface area contributed by atoms with Crippen molar-refractivity contribution in [3.05, 3.63) is 65.7 Å². The van der Waals surface area contributed by atoms with Crippen LogP contribution in [-0.4, -0.2) is 78.7 Å². The molecular weight excluding hydrogens is 642 g/mol. The van der Waals surface area contributed by atoms with Gasteiger partial charge in [0.05, 0.1) is 32.0 Å². The van der Waals surface area contributed by atoms with Gasteiger partial charge in [0.2, 0.25) is 5.91 Å². The summed E-state index contributed by atoms with van der Waals surface area (Å²) in [6, 6.07) is 13.9. The summed E-state index contributed by atoms with van der Waals surface area (Å²) >= 11 is 0. The van der Waals surface area contributed by atoms with Gasteiger partial charge in [0.25, 0.3) is 5.91 Å². The summed E-state index contributed by atoms with van der Waals surface area (Å²) < 4.78 is 15.8. The maximum atomic E-state index is 13.5. The van der Waals surface area contributed by atoms with Crippen LogP contribution in [0, 0.1) is 17.8 Å². The third-order valence-corrected chi connectivity index (χ3v) is 7.68. The number of hydrazine groups is 1. The Morgan fingerprint density at radius 3 is 1.78 bits per heavy atom. The Morgan fingerprint density at radius 2 is 1.28 bits per heavy atom. The quantitative estimate of drug-likeness (QED) is 0.123. The van der Waals surface area contributed by atoms with Crippen molar-refractivity contribution in [2.45, 2.75) is 92.6 Å². The van der Waals surface area contributed by atoms with Gasteiger partial charge in [0.15, 0.2) is 0 Å². The Hall–Kier alpha value is -4.36. The molecule has 50 heavy (non-hydrogen) atoms. The molecule has 2 aromatic carbocycles. The first-order valence-corrected chi connectivity index (χ1v) is 17.4. The highest BCUT2D eigenvalue weighted by atomic mass is 16.6. The van der Waals surface area contributed by atoms with Crippen LogP contribution in [0.2, 0.25) is 0 Å². The largest absolute Gasteiger partial charge is 0.493 e. The molecule has 278 valence electrons. The first-order chi connectivity index (χ1) is 23.7. The highest BCUT2D eigenvalue weighted by molar-refractivity contribution is 5.86. The number of nitrogens with zero attached hydrogens (tertiary/aromatic N) is 1. The number of rotatable bonds is 20. The number of carbonyl (C=O) groups excluding carboxylic acids is 4. The van der Waals surface area contributed by atoms with E-state index in [2.05, 4.69) is 35.2 Å². The number of aliphatic hydroxyl groups is 1. The van der Waals surface area contributed by atoms with Crippen LogP contribution in [0.3, 0.4) is 0 Å². The minimum atomic E-state index is -1.10. The van der Waals surface area contributed by atoms with Gasteiger partial charge in [0.1, 0.15) is 17.8 Å². The van der Waals surface area contributed by atoms with E-state index in [9.17, 15) is 24.3 Å². The van der Waals surface area contributed by atoms with Gasteiger partial charge in [-0.05, 0) is 61.3 Å². The van der Waals surface area contributed by atoms with E-state index in [4.69, 9.17) is 14.2 Å². The lowest BCUT2D eigenvalue weighted by atomic mass is 9.97. The summed E-state index contributed by atoms with van der Waals surface area (Å²) in [5, 5.41) is 21.4. The van der Waals surface area contributed by atoms with Gasteiger partial charge in [0, 0.05) is 13.1 Å². The van der Waals surface area contributed by atoms with Crippen molar-refractivity contribution in [2.75, 3.05) is 26.4 Å². The molecule has 4 amide bonds. The van der Waals surface area contributed by atoms with E-state index in [1.807, 2.05) is 56.3 Å². The van der Waals surface area contributed by atoms with Gasteiger partial charge in [-0.25, -0.2) is 14.6 Å². The molecule has 13 heteroatoms. The highest BCUT2D eigenvalue weighted by Gasteiger charge is 2.31. The van der Waals surface area contributed by atoms with E-state index in [-0.39, 0.29) is 44.6 Å². The first-order valence-electron chi connectivity index (χ1n) is 17.4. The fraction of sp³-hybridized carbons (Fsp3) is 0.568. The predicted molar refractivity (Wildman–Crippen MR) is 191 cm³/mol. The van der Waals surface area contributed by atoms with Gasteiger partial charge in [-0.15, -0.1) is 0 Å². The molecule has 0 fully saturated rings. The summed E-state index contributed by atoms with van der Waals surface area (Å²) in [5.41, 5.74) is 4.46. The molecule has 2 aromatic rings. The zero-order valence-electron chi connectivity index (χ0n) is 30.7. The summed E-state index contributed by atoms with van der Waals surface area (Å²) in [6.45, 7) is 16.1. The molecule has 0 aliphatic carbocycles. The van der Waals surface area contributed by atoms with Crippen LogP contribution in [0.25, 0.3) is 0 Å². The molecule has 0 aliphatic heterocycles. The fourth-order valence-electron chi connectivity index (χ4n) is 5.00. The van der Waals surface area contributed by atoms with E-state index >= 15 is 0 Å². The second kappa shape index (κ2) is 21.7. The first kappa shape index (κ1) is 41.8. The smallest absolute Gasteiger partial charge is 0.407 e. The number of alkyl carbamates (subject to hydrolysis) is 2. The highest BCUT2D eigenvalue weighted by Crippen LogP contribution is 2.21. The van der Waals surface area contributed by atoms with Crippen LogP contribution < -0.4 is 26.1 Å². The number of ether oxygens (including phenoxy) is 3. The lowest BCUT2D eigenvalue weighted by Crippen LogP contribution is -2.55. The van der Waals surface area contributed by atoms with Crippen LogP contribution in [0.5, 0.6) is 5.75 Å². The van der Waals surface area contributed by atoms with Crippen molar-refractivity contribution in [3.63, 3.8) is 0 Å². The normalized spacial score (nSPS) is 13.7. The summed E-state index contributed by atoms with van der Waals surface area (Å²) in [7, 11) is 0. The molecule has 0 radical (unpaired) electrons. The van der Waals surface area contributed by atoms with Crippen molar-refractivity contribution in [1.82, 2.24) is 26.4 Å². The Bertz CT molecular complexity index is 1320. The molecule has 13 nitrogen and oxygen atoms in total. The van der Waals surface area contributed by atoms with Crippen molar-refractivity contribution in [1.29, 1.82) is 0 Å². The van der Waals surface area contributed by atoms with Crippen LogP contribution in [-0.2, 0) is 25.6 Å². The lowest BCUT2D eigenvalue weighted by Gasteiger charge is -2.31. The molecule has 0 saturated carbocycles. The zero-order chi connectivity index (χ0) is 37.2. The van der Waals surface area contributed by atoms with E-state index in [1.54, 1.807) is 44.8 Å². The molecule has 0 spiro atoms. The van der Waals surface area contributed by atoms with Crippen molar-refractivity contribution >= 4 is 24.0 Å². The SMILES string of the molecule is CCOC(=O)NC(C(=O)NC(c1ccccc1)C(O)CCN(Cc1ccc(OCC(C)C)cc1)NC(=O)C(NC(=O)OCC)C(C)C)C(C)C. The molecule has 4 unspecified atom stereocenters. The van der Waals surface area contributed by atoms with Crippen LogP contribution in [0.4, 0.5) is 9.59 Å². The van der Waals surface area contributed by atoms with E-state index in [0.29, 0.717) is 18.1 Å². The zero-order valence-corrected chi connectivity index (χ0v) is 30.7. The number of hydrogen-bond acceptors (Lipinski definition) is 9. The average molecular weight is 700 g/mol. The lowest BCUT2D eigenvalue weighted by molar-refractivity contribution is -0.129. The number of hydrogen-bond donors (Lipinski definition) is 5. The third kappa shape index (κ3) is 14.6. The van der Waals surface area contributed by atoms with Gasteiger partial charge in [-0.1, -0.05) is 84.0 Å². The standard InChI is InChI=1S/C37H57N5O8/c1-9-48-36(46)39-31(25(5)6)34(44)38-33(28-14-12-11-13-15-28)30(43)20-21-42(22-27-16-18-29(19-17-27)50-23-24(3)4)41-35(45)32(26(7)8)40-37(47)49-10-2/h11-19,24-26,30-33,43H,9-10,20-23H2,1-8H3,(H,38,44)(H,39,46)(H,40,47)(H,41,45). The summed E-state index contributed by atoms with van der Waals surface area (Å²) in [4.78, 5) is 51.5. The summed E-state index contributed by atoms with van der Waals surface area (Å²) in [6.07, 6.45) is -2.37. The van der Waals surface area contributed by atoms with Gasteiger partial charge in [-0.2, -0.15) is 0 Å². The molecule has 0 aliphatic rings. The van der Waals surface area contributed by atoms with Gasteiger partial charge < -0.3 is 35.3 Å². The van der Waals surface area contributed by atoms with Crippen LogP contribution in [0.1, 0.15) is 79.0 Å². The topological polar surface area (TPSA) is 168 Å². The maximum absolute atomic E-state index is 13.5. The average Bonchev–Trinajstić information content (AvgIpc) is 3.07. The second-order valence-electron chi connectivity index (χ2n) is 13.2. The van der Waals surface area contributed by atoms with Crippen LogP contribution >= 0.6 is 0 Å². The fourth-order valence-corrected chi connectivity index (χ4v) is 5.00. The van der Waals surface area contributed by atoms with E-state index < -0.39 is 48.2 Å². The number of benzene rings is 2. The van der Waals surface area contributed by atoms with Crippen molar-refractivity contribution in [2.24, 2.45) is 17.8 Å². The summed E-state index contributed by atoms with van der Waals surface area (Å²) in [5.74, 6) is -0.339. The predicted octanol–water partition coefficient (Wildman–Crippen LogP) is 4.70. The van der Waals surface area contributed by atoms with Gasteiger partial charge >= 0.3 is 12.2 Å². The Labute approximate surface area is 296 Å². The minimum Gasteiger partial charge on any atom is -0.493 e. The molecular formula is C37H57N5O8.